The molecule has 0 radical (unpaired) electrons. The summed E-state index contributed by atoms with van der Waals surface area (Å²) in [5, 5.41) is 0.880. The van der Waals surface area contributed by atoms with Gasteiger partial charge in [-0.1, -0.05) is 17.8 Å². The molecule has 0 aliphatic heterocycles. The van der Waals surface area contributed by atoms with E-state index in [2.05, 4.69) is 15.0 Å². The number of aromatic nitrogens is 3. The van der Waals surface area contributed by atoms with E-state index in [9.17, 15) is 0 Å². The second kappa shape index (κ2) is 5.42. The Labute approximate surface area is 120 Å². The summed E-state index contributed by atoms with van der Waals surface area (Å²) in [5.74, 6) is 2.15. The number of H-pyrrole nitrogens is 1. The van der Waals surface area contributed by atoms with Crippen molar-refractivity contribution in [1.82, 2.24) is 15.0 Å². The second-order valence-corrected chi connectivity index (χ2v) is 5.27. The van der Waals surface area contributed by atoms with Crippen molar-refractivity contribution in [2.45, 2.75) is 10.9 Å². The molecule has 0 atom stereocenters. The van der Waals surface area contributed by atoms with Gasteiger partial charge >= 0.3 is 0 Å². The molecule has 5 nitrogen and oxygen atoms in total. The highest BCUT2D eigenvalue weighted by atomic mass is 32.2. The Bertz CT molecular complexity index is 724. The minimum Gasteiger partial charge on any atom is -0.497 e. The Balaban J connectivity index is 1.75. The Morgan fingerprint density at radius 1 is 1.30 bits per heavy atom. The lowest BCUT2D eigenvalue weighted by Gasteiger charge is -1.98. The highest BCUT2D eigenvalue weighted by Crippen LogP contribution is 2.25. The molecule has 3 aromatic rings. The van der Waals surface area contributed by atoms with E-state index in [0.717, 1.165) is 33.3 Å². The molecule has 0 saturated carbocycles. The number of benzene rings is 1. The summed E-state index contributed by atoms with van der Waals surface area (Å²) in [6, 6.07) is 9.57. The SMILES string of the molecule is COc1ccc2nc(SCc3ccc(N)nc3)[nH]c2c1. The van der Waals surface area contributed by atoms with Crippen LogP contribution in [0.1, 0.15) is 5.56 Å². The quantitative estimate of drug-likeness (QED) is 0.721. The molecule has 0 aliphatic rings. The summed E-state index contributed by atoms with van der Waals surface area (Å²) in [6.45, 7) is 0. The zero-order valence-corrected chi connectivity index (χ0v) is 11.8. The fourth-order valence-corrected chi connectivity index (χ4v) is 2.65. The maximum Gasteiger partial charge on any atom is 0.166 e. The normalized spacial score (nSPS) is 10.8. The number of thioether (sulfide) groups is 1. The molecule has 0 saturated heterocycles. The third-order valence-corrected chi connectivity index (χ3v) is 3.83. The first kappa shape index (κ1) is 12.8. The van der Waals surface area contributed by atoms with Gasteiger partial charge in [0.2, 0.25) is 0 Å². The number of hydrogen-bond acceptors (Lipinski definition) is 5. The Hall–Kier alpha value is -2.21. The summed E-state index contributed by atoms with van der Waals surface area (Å²) in [5.41, 5.74) is 8.59. The van der Waals surface area contributed by atoms with E-state index < -0.39 is 0 Å². The molecule has 3 N–H and O–H groups in total. The molecular formula is C14H14N4OS. The number of imidazole rings is 1. The Morgan fingerprint density at radius 3 is 2.95 bits per heavy atom. The smallest absolute Gasteiger partial charge is 0.166 e. The van der Waals surface area contributed by atoms with Crippen LogP contribution in [0.5, 0.6) is 5.75 Å². The summed E-state index contributed by atoms with van der Waals surface area (Å²) in [4.78, 5) is 11.9. The standard InChI is InChI=1S/C14H14N4OS/c1-19-10-3-4-11-12(6-10)18-14(17-11)20-8-9-2-5-13(15)16-7-9/h2-7H,8H2,1H3,(H2,15,16)(H,17,18). The van der Waals surface area contributed by atoms with Gasteiger partial charge in [-0.05, 0) is 23.8 Å². The summed E-state index contributed by atoms with van der Waals surface area (Å²) >= 11 is 1.63. The molecule has 0 fully saturated rings. The minimum atomic E-state index is 0.537. The molecule has 0 unspecified atom stereocenters. The number of pyridine rings is 1. The van der Waals surface area contributed by atoms with Crippen molar-refractivity contribution in [3.63, 3.8) is 0 Å². The molecule has 1 aromatic carbocycles. The van der Waals surface area contributed by atoms with E-state index >= 15 is 0 Å². The Morgan fingerprint density at radius 2 is 2.20 bits per heavy atom. The zero-order valence-electron chi connectivity index (χ0n) is 11.0. The lowest BCUT2D eigenvalue weighted by Crippen LogP contribution is -1.90. The van der Waals surface area contributed by atoms with Crippen LogP contribution in [0.2, 0.25) is 0 Å². The lowest BCUT2D eigenvalue weighted by molar-refractivity contribution is 0.415. The molecule has 6 heteroatoms. The van der Waals surface area contributed by atoms with Crippen molar-refractivity contribution in [2.24, 2.45) is 0 Å². The summed E-state index contributed by atoms with van der Waals surface area (Å²) in [7, 11) is 1.65. The van der Waals surface area contributed by atoms with Crippen LogP contribution in [0.15, 0.2) is 41.7 Å². The average Bonchev–Trinajstić information content (AvgIpc) is 2.88. The van der Waals surface area contributed by atoms with E-state index in [1.54, 1.807) is 31.1 Å². The predicted molar refractivity (Wildman–Crippen MR) is 80.9 cm³/mol. The molecule has 0 aliphatic carbocycles. The van der Waals surface area contributed by atoms with Crippen LogP contribution in [0.25, 0.3) is 11.0 Å². The highest BCUT2D eigenvalue weighted by Gasteiger charge is 2.05. The molecule has 0 bridgehead atoms. The highest BCUT2D eigenvalue weighted by molar-refractivity contribution is 7.98. The molecule has 2 heterocycles. The number of aromatic amines is 1. The summed E-state index contributed by atoms with van der Waals surface area (Å²) in [6.07, 6.45) is 1.79. The van der Waals surface area contributed by atoms with Crippen molar-refractivity contribution in [3.8, 4) is 5.75 Å². The van der Waals surface area contributed by atoms with Gasteiger partial charge in [0, 0.05) is 18.0 Å². The van der Waals surface area contributed by atoms with E-state index in [-0.39, 0.29) is 0 Å². The fraction of sp³-hybridized carbons (Fsp3) is 0.143. The van der Waals surface area contributed by atoms with Crippen LogP contribution < -0.4 is 10.5 Å². The van der Waals surface area contributed by atoms with Gasteiger partial charge in [-0.15, -0.1) is 0 Å². The van der Waals surface area contributed by atoms with E-state index in [0.29, 0.717) is 5.82 Å². The molecule has 0 spiro atoms. The lowest BCUT2D eigenvalue weighted by atomic mass is 10.3. The van der Waals surface area contributed by atoms with Gasteiger partial charge in [-0.3, -0.25) is 0 Å². The number of ether oxygens (including phenoxy) is 1. The van der Waals surface area contributed by atoms with Gasteiger partial charge < -0.3 is 15.5 Å². The molecule has 102 valence electrons. The van der Waals surface area contributed by atoms with E-state index in [4.69, 9.17) is 10.5 Å². The number of nitrogens with zero attached hydrogens (tertiary/aromatic N) is 2. The second-order valence-electron chi connectivity index (χ2n) is 4.31. The zero-order chi connectivity index (χ0) is 13.9. The summed E-state index contributed by atoms with van der Waals surface area (Å²) < 4.78 is 5.20. The van der Waals surface area contributed by atoms with Crippen LogP contribution in [0.3, 0.4) is 0 Å². The number of methoxy groups -OCH3 is 1. The van der Waals surface area contributed by atoms with Crippen LogP contribution in [0, 0.1) is 0 Å². The fourth-order valence-electron chi connectivity index (χ4n) is 1.83. The van der Waals surface area contributed by atoms with Gasteiger partial charge in [0.25, 0.3) is 0 Å². The van der Waals surface area contributed by atoms with Gasteiger partial charge in [0.05, 0.1) is 18.1 Å². The van der Waals surface area contributed by atoms with E-state index in [1.165, 1.54) is 0 Å². The first-order chi connectivity index (χ1) is 9.74. The molecular weight excluding hydrogens is 272 g/mol. The molecule has 20 heavy (non-hydrogen) atoms. The van der Waals surface area contributed by atoms with Gasteiger partial charge in [0.1, 0.15) is 11.6 Å². The van der Waals surface area contributed by atoms with Gasteiger partial charge in [-0.2, -0.15) is 0 Å². The number of anilines is 1. The third-order valence-electron chi connectivity index (χ3n) is 2.89. The number of nitrogens with one attached hydrogen (secondary N) is 1. The number of hydrogen-bond donors (Lipinski definition) is 2. The van der Waals surface area contributed by atoms with Crippen molar-refractivity contribution in [3.05, 3.63) is 42.1 Å². The minimum absolute atomic E-state index is 0.537. The topological polar surface area (TPSA) is 76.8 Å². The van der Waals surface area contributed by atoms with E-state index in [1.807, 2.05) is 24.3 Å². The number of nitrogen functional groups attached to an aromatic ring is 1. The van der Waals surface area contributed by atoms with Crippen LogP contribution in [0.4, 0.5) is 5.82 Å². The van der Waals surface area contributed by atoms with Crippen molar-refractivity contribution in [1.29, 1.82) is 0 Å². The van der Waals surface area contributed by atoms with Crippen LogP contribution in [-0.2, 0) is 5.75 Å². The Kier molecular flexibility index (Phi) is 3.47. The maximum absolute atomic E-state index is 5.56. The number of fused-ring (bicyclic) bond motifs is 1. The van der Waals surface area contributed by atoms with Crippen molar-refractivity contribution >= 4 is 28.6 Å². The van der Waals surface area contributed by atoms with Crippen molar-refractivity contribution < 1.29 is 4.74 Å². The van der Waals surface area contributed by atoms with Crippen LogP contribution in [-0.4, -0.2) is 22.1 Å². The first-order valence-electron chi connectivity index (χ1n) is 6.11. The maximum atomic E-state index is 5.56. The molecule has 3 rings (SSSR count). The average molecular weight is 286 g/mol. The number of rotatable bonds is 4. The van der Waals surface area contributed by atoms with Gasteiger partial charge in [0.15, 0.2) is 5.16 Å². The molecule has 2 aromatic heterocycles. The monoisotopic (exact) mass is 286 g/mol. The van der Waals surface area contributed by atoms with Crippen molar-refractivity contribution in [2.75, 3.05) is 12.8 Å². The first-order valence-corrected chi connectivity index (χ1v) is 7.10. The molecule has 0 amide bonds. The van der Waals surface area contributed by atoms with Gasteiger partial charge in [-0.25, -0.2) is 9.97 Å². The predicted octanol–water partition coefficient (Wildman–Crippen LogP) is 2.84. The van der Waals surface area contributed by atoms with Crippen LogP contribution >= 0.6 is 11.8 Å². The third kappa shape index (κ3) is 2.70. The number of nitrogens with two attached hydrogens (primary N) is 1. The largest absolute Gasteiger partial charge is 0.497 e.